The van der Waals surface area contributed by atoms with Gasteiger partial charge in [-0.3, -0.25) is 4.79 Å². The number of methoxy groups -OCH3 is 1. The van der Waals surface area contributed by atoms with Crippen molar-refractivity contribution in [3.05, 3.63) is 45.1 Å². The first-order valence-electron chi connectivity index (χ1n) is 5.48. The van der Waals surface area contributed by atoms with Gasteiger partial charge in [-0.1, -0.05) is 11.6 Å². The molecule has 2 N–H and O–H groups in total. The molecule has 1 aromatic heterocycles. The lowest BCUT2D eigenvalue weighted by atomic mass is 10.2. The summed E-state index contributed by atoms with van der Waals surface area (Å²) in [4.78, 5) is 23.2. The highest BCUT2D eigenvalue weighted by Crippen LogP contribution is 2.26. The Labute approximate surface area is 123 Å². The first-order valence-corrected chi connectivity index (χ1v) is 6.74. The fourth-order valence-electron chi connectivity index (χ4n) is 1.62. The molecule has 0 bridgehead atoms. The molecule has 0 atom stereocenters. The van der Waals surface area contributed by atoms with E-state index in [-0.39, 0.29) is 16.1 Å². The molecule has 0 radical (unpaired) electrons. The maximum absolute atomic E-state index is 12.2. The highest BCUT2D eigenvalue weighted by molar-refractivity contribution is 7.12. The molecule has 104 valence electrons. The molecule has 1 amide bonds. The summed E-state index contributed by atoms with van der Waals surface area (Å²) in [6, 6.07) is 6.17. The largest absolute Gasteiger partial charge is 0.496 e. The Morgan fingerprint density at radius 1 is 1.35 bits per heavy atom. The summed E-state index contributed by atoms with van der Waals surface area (Å²) in [5.74, 6) is -1.21. The number of aromatic carboxylic acids is 1. The molecule has 0 fully saturated rings. The number of anilines is 1. The third kappa shape index (κ3) is 2.92. The first-order chi connectivity index (χ1) is 9.52. The molecule has 0 saturated heterocycles. The zero-order valence-corrected chi connectivity index (χ0v) is 11.9. The smallest absolute Gasteiger partial charge is 0.348 e. The van der Waals surface area contributed by atoms with Crippen molar-refractivity contribution in [3.8, 4) is 5.75 Å². The number of halogens is 1. The summed E-state index contributed by atoms with van der Waals surface area (Å²) in [6.45, 7) is 0. The van der Waals surface area contributed by atoms with Gasteiger partial charge in [-0.05, 0) is 29.6 Å². The number of thiophene rings is 1. The van der Waals surface area contributed by atoms with Crippen molar-refractivity contribution in [1.29, 1.82) is 0 Å². The number of carboxylic acid groups (broad SMARTS) is 1. The van der Waals surface area contributed by atoms with E-state index in [0.717, 1.165) is 11.3 Å². The van der Waals surface area contributed by atoms with E-state index >= 15 is 0 Å². The number of ether oxygens (including phenoxy) is 1. The standard InChI is InChI=1S/C13H10ClNO4S/c1-19-10-3-2-7(14)6-8(10)12(16)15-9-4-5-20-11(9)13(17)18/h2-6H,1H3,(H,15,16)(H,17,18). The fourth-order valence-corrected chi connectivity index (χ4v) is 2.48. The summed E-state index contributed by atoms with van der Waals surface area (Å²) in [7, 11) is 1.44. The molecule has 0 aliphatic heterocycles. The van der Waals surface area contributed by atoms with E-state index in [1.807, 2.05) is 0 Å². The molecule has 0 unspecified atom stereocenters. The highest BCUT2D eigenvalue weighted by Gasteiger charge is 2.17. The van der Waals surface area contributed by atoms with Crippen LogP contribution in [0.25, 0.3) is 0 Å². The quantitative estimate of drug-likeness (QED) is 0.907. The average molecular weight is 312 g/mol. The lowest BCUT2D eigenvalue weighted by Crippen LogP contribution is -2.14. The Bertz CT molecular complexity index is 668. The maximum atomic E-state index is 12.2. The molecule has 0 aliphatic rings. The lowest BCUT2D eigenvalue weighted by Gasteiger charge is -2.09. The number of carboxylic acids is 1. The Balaban J connectivity index is 2.30. The number of benzene rings is 1. The van der Waals surface area contributed by atoms with Crippen LogP contribution in [-0.2, 0) is 0 Å². The van der Waals surface area contributed by atoms with E-state index in [4.69, 9.17) is 21.4 Å². The van der Waals surface area contributed by atoms with Gasteiger partial charge < -0.3 is 15.2 Å². The van der Waals surface area contributed by atoms with Crippen LogP contribution in [0.3, 0.4) is 0 Å². The second kappa shape index (κ2) is 5.94. The zero-order valence-electron chi connectivity index (χ0n) is 10.3. The molecule has 1 heterocycles. The van der Waals surface area contributed by atoms with E-state index in [1.54, 1.807) is 17.5 Å². The van der Waals surface area contributed by atoms with Crippen molar-refractivity contribution < 1.29 is 19.4 Å². The van der Waals surface area contributed by atoms with Crippen LogP contribution in [-0.4, -0.2) is 24.1 Å². The Hall–Kier alpha value is -2.05. The van der Waals surface area contributed by atoms with Crippen molar-refractivity contribution in [3.63, 3.8) is 0 Å². The van der Waals surface area contributed by atoms with Crippen LogP contribution >= 0.6 is 22.9 Å². The minimum atomic E-state index is -1.09. The topological polar surface area (TPSA) is 75.6 Å². The molecule has 5 nitrogen and oxygen atoms in total. The van der Waals surface area contributed by atoms with Crippen LogP contribution < -0.4 is 10.1 Å². The van der Waals surface area contributed by atoms with Crippen LogP contribution in [0.2, 0.25) is 5.02 Å². The van der Waals surface area contributed by atoms with Crippen LogP contribution in [0.5, 0.6) is 5.75 Å². The number of rotatable bonds is 4. The predicted octanol–water partition coefficient (Wildman–Crippen LogP) is 3.36. The van der Waals surface area contributed by atoms with Crippen molar-refractivity contribution in [2.45, 2.75) is 0 Å². The molecule has 2 aromatic rings. The Morgan fingerprint density at radius 3 is 2.75 bits per heavy atom. The minimum absolute atomic E-state index is 0.0688. The number of carbonyl (C=O) groups excluding carboxylic acids is 1. The molecule has 20 heavy (non-hydrogen) atoms. The molecule has 2 rings (SSSR count). The third-order valence-corrected chi connectivity index (χ3v) is 3.65. The summed E-state index contributed by atoms with van der Waals surface area (Å²) in [5.41, 5.74) is 0.483. The molecule has 1 aromatic carbocycles. The molecular formula is C13H10ClNO4S. The van der Waals surface area contributed by atoms with Crippen LogP contribution in [0.4, 0.5) is 5.69 Å². The number of hydrogen-bond donors (Lipinski definition) is 2. The van der Waals surface area contributed by atoms with E-state index in [0.29, 0.717) is 10.8 Å². The molecule has 0 aliphatic carbocycles. The average Bonchev–Trinajstić information content (AvgIpc) is 2.87. The third-order valence-electron chi connectivity index (χ3n) is 2.51. The summed E-state index contributed by atoms with van der Waals surface area (Å²) in [5, 5.41) is 13.5. The zero-order chi connectivity index (χ0) is 14.7. The highest BCUT2D eigenvalue weighted by atomic mass is 35.5. The van der Waals surface area contributed by atoms with Gasteiger partial charge in [0.2, 0.25) is 0 Å². The van der Waals surface area contributed by atoms with Crippen molar-refractivity contribution in [2.24, 2.45) is 0 Å². The fraction of sp³-hybridized carbons (Fsp3) is 0.0769. The lowest BCUT2D eigenvalue weighted by molar-refractivity contribution is 0.0703. The van der Waals surface area contributed by atoms with Crippen molar-refractivity contribution in [2.75, 3.05) is 12.4 Å². The second-order valence-corrected chi connectivity index (χ2v) is 5.12. The van der Waals surface area contributed by atoms with Crippen LogP contribution in [0.1, 0.15) is 20.0 Å². The SMILES string of the molecule is COc1ccc(Cl)cc1C(=O)Nc1ccsc1C(=O)O. The normalized spacial score (nSPS) is 10.1. The van der Waals surface area contributed by atoms with Gasteiger partial charge in [0.15, 0.2) is 0 Å². The molecular weight excluding hydrogens is 302 g/mol. The summed E-state index contributed by atoms with van der Waals surface area (Å²) >= 11 is 6.89. The van der Waals surface area contributed by atoms with Gasteiger partial charge in [0.25, 0.3) is 5.91 Å². The molecule has 0 spiro atoms. The first kappa shape index (κ1) is 14.4. The van der Waals surface area contributed by atoms with Gasteiger partial charge in [-0.25, -0.2) is 4.79 Å². The van der Waals surface area contributed by atoms with Gasteiger partial charge in [0.1, 0.15) is 10.6 Å². The molecule has 0 saturated carbocycles. The van der Waals surface area contributed by atoms with E-state index in [9.17, 15) is 9.59 Å². The van der Waals surface area contributed by atoms with Gasteiger partial charge in [-0.15, -0.1) is 11.3 Å². The minimum Gasteiger partial charge on any atom is -0.496 e. The predicted molar refractivity (Wildman–Crippen MR) is 77.2 cm³/mol. The Kier molecular flexibility index (Phi) is 4.26. The maximum Gasteiger partial charge on any atom is 0.348 e. The number of hydrogen-bond acceptors (Lipinski definition) is 4. The van der Waals surface area contributed by atoms with E-state index in [2.05, 4.69) is 5.32 Å². The number of amides is 1. The van der Waals surface area contributed by atoms with Crippen LogP contribution in [0, 0.1) is 0 Å². The van der Waals surface area contributed by atoms with Gasteiger partial charge in [-0.2, -0.15) is 0 Å². The van der Waals surface area contributed by atoms with Crippen molar-refractivity contribution >= 4 is 40.5 Å². The summed E-state index contributed by atoms with van der Waals surface area (Å²) < 4.78 is 5.09. The van der Waals surface area contributed by atoms with Crippen molar-refractivity contribution in [1.82, 2.24) is 0 Å². The van der Waals surface area contributed by atoms with E-state index in [1.165, 1.54) is 19.2 Å². The summed E-state index contributed by atoms with van der Waals surface area (Å²) in [6.07, 6.45) is 0. The molecule has 7 heteroatoms. The Morgan fingerprint density at radius 2 is 2.10 bits per heavy atom. The van der Waals surface area contributed by atoms with Gasteiger partial charge in [0, 0.05) is 5.02 Å². The van der Waals surface area contributed by atoms with Gasteiger partial charge >= 0.3 is 5.97 Å². The van der Waals surface area contributed by atoms with E-state index < -0.39 is 11.9 Å². The van der Waals surface area contributed by atoms with Crippen LogP contribution in [0.15, 0.2) is 29.6 Å². The monoisotopic (exact) mass is 311 g/mol. The number of nitrogens with one attached hydrogen (secondary N) is 1. The number of carbonyl (C=O) groups is 2. The second-order valence-electron chi connectivity index (χ2n) is 3.77. The van der Waals surface area contributed by atoms with Gasteiger partial charge in [0.05, 0.1) is 18.4 Å².